The van der Waals surface area contributed by atoms with E-state index < -0.39 is 0 Å². The lowest BCUT2D eigenvalue weighted by Crippen LogP contribution is -2.39. The fourth-order valence-electron chi connectivity index (χ4n) is 1.79. The number of carbonyl (C=O) groups excluding carboxylic acids is 1. The Morgan fingerprint density at radius 2 is 1.68 bits per heavy atom. The molecule has 0 unspecified atom stereocenters. The standard InChI is InChI=1S/C17H31NO/c1-8-18(16(19)17(5,6)7)13-12-15(4)11-9-10-14(2)3/h10,12H,8-9,11,13H2,1-7H3/b15-12+. The van der Waals surface area contributed by atoms with Crippen molar-refractivity contribution < 1.29 is 4.79 Å². The van der Waals surface area contributed by atoms with E-state index in [1.807, 2.05) is 32.6 Å². The summed E-state index contributed by atoms with van der Waals surface area (Å²) < 4.78 is 0. The molecule has 2 nitrogen and oxygen atoms in total. The maximum atomic E-state index is 12.2. The smallest absolute Gasteiger partial charge is 0.228 e. The summed E-state index contributed by atoms with van der Waals surface area (Å²) in [5, 5.41) is 0. The molecule has 110 valence electrons. The predicted octanol–water partition coefficient (Wildman–Crippen LogP) is 4.57. The van der Waals surface area contributed by atoms with Gasteiger partial charge in [0.1, 0.15) is 0 Å². The van der Waals surface area contributed by atoms with Gasteiger partial charge in [-0.1, -0.05) is 44.1 Å². The highest BCUT2D eigenvalue weighted by molar-refractivity contribution is 5.81. The lowest BCUT2D eigenvalue weighted by molar-refractivity contribution is -0.138. The summed E-state index contributed by atoms with van der Waals surface area (Å²) >= 11 is 0. The van der Waals surface area contributed by atoms with Crippen molar-refractivity contribution in [2.24, 2.45) is 5.41 Å². The van der Waals surface area contributed by atoms with Crippen LogP contribution in [0.1, 0.15) is 61.3 Å². The van der Waals surface area contributed by atoms with Gasteiger partial charge in [-0.15, -0.1) is 0 Å². The number of carbonyl (C=O) groups is 1. The van der Waals surface area contributed by atoms with E-state index in [-0.39, 0.29) is 11.3 Å². The Morgan fingerprint density at radius 1 is 1.11 bits per heavy atom. The molecule has 0 aromatic carbocycles. The van der Waals surface area contributed by atoms with Gasteiger partial charge in [0.05, 0.1) is 0 Å². The number of likely N-dealkylation sites (N-methyl/N-ethyl adjacent to an activating group) is 1. The van der Waals surface area contributed by atoms with E-state index in [2.05, 4.69) is 32.9 Å². The minimum absolute atomic E-state index is 0.225. The second-order valence-electron chi connectivity index (χ2n) is 6.46. The Kier molecular flexibility index (Phi) is 7.73. The van der Waals surface area contributed by atoms with Crippen molar-refractivity contribution >= 4 is 5.91 Å². The number of rotatable bonds is 6. The molecule has 0 heterocycles. The molecular formula is C17H31NO. The van der Waals surface area contributed by atoms with Crippen LogP contribution in [-0.2, 0) is 4.79 Å². The molecule has 0 aliphatic heterocycles. The topological polar surface area (TPSA) is 20.3 Å². The molecule has 0 rings (SSSR count). The Bertz CT molecular complexity index is 341. The maximum Gasteiger partial charge on any atom is 0.228 e. The van der Waals surface area contributed by atoms with Gasteiger partial charge in [0.25, 0.3) is 0 Å². The first-order valence-electron chi connectivity index (χ1n) is 7.26. The summed E-state index contributed by atoms with van der Waals surface area (Å²) in [6.45, 7) is 15.9. The molecule has 2 heteroatoms. The second-order valence-corrected chi connectivity index (χ2v) is 6.46. The second kappa shape index (κ2) is 8.19. The van der Waals surface area contributed by atoms with E-state index >= 15 is 0 Å². The highest BCUT2D eigenvalue weighted by Crippen LogP contribution is 2.17. The highest BCUT2D eigenvalue weighted by Gasteiger charge is 2.25. The van der Waals surface area contributed by atoms with E-state index in [4.69, 9.17) is 0 Å². The largest absolute Gasteiger partial charge is 0.339 e. The summed E-state index contributed by atoms with van der Waals surface area (Å²) in [5.41, 5.74) is 2.43. The summed E-state index contributed by atoms with van der Waals surface area (Å²) in [6.07, 6.45) is 6.61. The van der Waals surface area contributed by atoms with Crippen molar-refractivity contribution in [3.05, 3.63) is 23.3 Å². The number of hydrogen-bond acceptors (Lipinski definition) is 1. The minimum Gasteiger partial charge on any atom is -0.339 e. The van der Waals surface area contributed by atoms with Crippen molar-refractivity contribution in [2.45, 2.75) is 61.3 Å². The fraction of sp³-hybridized carbons (Fsp3) is 0.706. The SMILES string of the molecule is CCN(C/C=C(\C)CCC=C(C)C)C(=O)C(C)(C)C. The van der Waals surface area contributed by atoms with E-state index in [0.29, 0.717) is 0 Å². The molecule has 0 radical (unpaired) electrons. The summed E-state index contributed by atoms with van der Waals surface area (Å²) in [5.74, 6) is 0.225. The first kappa shape index (κ1) is 17.9. The summed E-state index contributed by atoms with van der Waals surface area (Å²) in [7, 11) is 0. The van der Waals surface area contributed by atoms with E-state index in [9.17, 15) is 4.79 Å². The van der Waals surface area contributed by atoms with Gasteiger partial charge >= 0.3 is 0 Å². The number of hydrogen-bond donors (Lipinski definition) is 0. The molecule has 0 N–H and O–H groups in total. The monoisotopic (exact) mass is 265 g/mol. The van der Waals surface area contributed by atoms with Crippen LogP contribution in [0.4, 0.5) is 0 Å². The molecule has 0 aliphatic carbocycles. The van der Waals surface area contributed by atoms with Crippen LogP contribution in [0.25, 0.3) is 0 Å². The lowest BCUT2D eigenvalue weighted by Gasteiger charge is -2.27. The van der Waals surface area contributed by atoms with Gasteiger partial charge in [0.2, 0.25) is 5.91 Å². The summed E-state index contributed by atoms with van der Waals surface area (Å²) in [4.78, 5) is 14.1. The lowest BCUT2D eigenvalue weighted by atomic mass is 9.94. The van der Waals surface area contributed by atoms with Crippen LogP contribution in [0.15, 0.2) is 23.3 Å². The van der Waals surface area contributed by atoms with Crippen molar-refractivity contribution in [1.82, 2.24) is 4.90 Å². The van der Waals surface area contributed by atoms with Crippen LogP contribution in [-0.4, -0.2) is 23.9 Å². The zero-order chi connectivity index (χ0) is 15.1. The Labute approximate surface area is 119 Å². The van der Waals surface area contributed by atoms with Crippen LogP contribution in [0, 0.1) is 5.41 Å². The number of nitrogens with zero attached hydrogens (tertiary/aromatic N) is 1. The van der Waals surface area contributed by atoms with Crippen LogP contribution >= 0.6 is 0 Å². The predicted molar refractivity (Wildman–Crippen MR) is 84.1 cm³/mol. The summed E-state index contributed by atoms with van der Waals surface area (Å²) in [6, 6.07) is 0. The molecule has 0 saturated heterocycles. The average Bonchev–Trinajstić information content (AvgIpc) is 2.27. The van der Waals surface area contributed by atoms with Gasteiger partial charge in [-0.3, -0.25) is 4.79 Å². The third-order valence-electron chi connectivity index (χ3n) is 3.06. The minimum atomic E-state index is -0.292. The molecule has 0 aromatic heterocycles. The molecule has 1 amide bonds. The van der Waals surface area contributed by atoms with Gasteiger partial charge in [0, 0.05) is 18.5 Å². The fourth-order valence-corrected chi connectivity index (χ4v) is 1.79. The van der Waals surface area contributed by atoms with E-state index in [0.717, 1.165) is 25.9 Å². The molecule has 0 bridgehead atoms. The molecule has 0 aliphatic rings. The van der Waals surface area contributed by atoms with Crippen LogP contribution < -0.4 is 0 Å². The Balaban J connectivity index is 4.41. The molecular weight excluding hydrogens is 234 g/mol. The molecule has 0 aromatic rings. The van der Waals surface area contributed by atoms with Crippen molar-refractivity contribution in [2.75, 3.05) is 13.1 Å². The molecule has 19 heavy (non-hydrogen) atoms. The Morgan fingerprint density at radius 3 is 2.11 bits per heavy atom. The van der Waals surface area contributed by atoms with Crippen LogP contribution in [0.2, 0.25) is 0 Å². The van der Waals surface area contributed by atoms with Crippen molar-refractivity contribution in [1.29, 1.82) is 0 Å². The van der Waals surface area contributed by atoms with Gasteiger partial charge in [-0.25, -0.2) is 0 Å². The van der Waals surface area contributed by atoms with Gasteiger partial charge in [-0.05, 0) is 40.5 Å². The normalized spacial score (nSPS) is 12.3. The zero-order valence-electron chi connectivity index (χ0n) is 13.8. The molecule has 0 spiro atoms. The molecule has 0 atom stereocenters. The molecule has 0 fully saturated rings. The van der Waals surface area contributed by atoms with Gasteiger partial charge < -0.3 is 4.90 Å². The Hall–Kier alpha value is -1.05. The third-order valence-corrected chi connectivity index (χ3v) is 3.06. The first-order valence-corrected chi connectivity index (χ1v) is 7.26. The average molecular weight is 265 g/mol. The van der Waals surface area contributed by atoms with Crippen molar-refractivity contribution in [3.63, 3.8) is 0 Å². The highest BCUT2D eigenvalue weighted by atomic mass is 16.2. The number of allylic oxidation sites excluding steroid dienone is 3. The third kappa shape index (κ3) is 7.86. The van der Waals surface area contributed by atoms with E-state index in [1.54, 1.807) is 0 Å². The van der Waals surface area contributed by atoms with E-state index in [1.165, 1.54) is 11.1 Å². The first-order chi connectivity index (χ1) is 8.68. The van der Waals surface area contributed by atoms with Crippen LogP contribution in [0.5, 0.6) is 0 Å². The zero-order valence-corrected chi connectivity index (χ0v) is 13.8. The molecule has 0 saturated carbocycles. The van der Waals surface area contributed by atoms with Gasteiger partial charge in [-0.2, -0.15) is 0 Å². The van der Waals surface area contributed by atoms with Crippen molar-refractivity contribution in [3.8, 4) is 0 Å². The quantitative estimate of drug-likeness (QED) is 0.644. The maximum absolute atomic E-state index is 12.2. The number of amides is 1. The van der Waals surface area contributed by atoms with Gasteiger partial charge in [0.15, 0.2) is 0 Å². The van der Waals surface area contributed by atoms with Crippen LogP contribution in [0.3, 0.4) is 0 Å².